The van der Waals surface area contributed by atoms with Crippen molar-refractivity contribution < 1.29 is 24.3 Å². The van der Waals surface area contributed by atoms with Crippen LogP contribution in [0.4, 0.5) is 4.79 Å². The molecule has 1 saturated heterocycles. The van der Waals surface area contributed by atoms with E-state index >= 15 is 0 Å². The molecule has 100 valence electrons. The highest BCUT2D eigenvalue weighted by molar-refractivity contribution is 5.88. The number of hydrogen-bond donors (Lipinski definition) is 5. The lowest BCUT2D eigenvalue weighted by Gasteiger charge is -2.16. The van der Waals surface area contributed by atoms with Gasteiger partial charge in [-0.3, -0.25) is 9.59 Å². The van der Waals surface area contributed by atoms with Gasteiger partial charge in [-0.25, -0.2) is 9.59 Å². The summed E-state index contributed by atoms with van der Waals surface area (Å²) in [6.45, 7) is 0.291. The maximum absolute atomic E-state index is 11.4. The predicted molar refractivity (Wildman–Crippen MR) is 58.3 cm³/mol. The number of nitrogens with one attached hydrogen (secondary N) is 3. The van der Waals surface area contributed by atoms with Gasteiger partial charge >= 0.3 is 12.0 Å². The SMILES string of the molecule is NC(=O)C[C@H](NC(=O)NC1CNC(=O)C1)C(=O)O. The summed E-state index contributed by atoms with van der Waals surface area (Å²) in [6.07, 6.45) is -0.356. The largest absolute Gasteiger partial charge is 0.480 e. The van der Waals surface area contributed by atoms with Crippen molar-refractivity contribution in [3.8, 4) is 0 Å². The molecule has 0 aliphatic carbocycles. The molecule has 1 rings (SSSR count). The van der Waals surface area contributed by atoms with Crippen molar-refractivity contribution in [1.29, 1.82) is 0 Å². The van der Waals surface area contributed by atoms with Gasteiger partial charge in [0.1, 0.15) is 6.04 Å². The molecule has 0 spiro atoms. The molecule has 6 N–H and O–H groups in total. The van der Waals surface area contributed by atoms with Gasteiger partial charge in [0.05, 0.1) is 12.5 Å². The lowest BCUT2D eigenvalue weighted by Crippen LogP contribution is -2.50. The summed E-state index contributed by atoms with van der Waals surface area (Å²) >= 11 is 0. The molecule has 2 atom stereocenters. The Morgan fingerprint density at radius 1 is 1.50 bits per heavy atom. The molecule has 0 aromatic carbocycles. The number of carbonyl (C=O) groups is 4. The molecule has 4 amide bonds. The second-order valence-electron chi connectivity index (χ2n) is 3.88. The van der Waals surface area contributed by atoms with Crippen LogP contribution in [0.5, 0.6) is 0 Å². The molecular weight excluding hydrogens is 244 g/mol. The van der Waals surface area contributed by atoms with E-state index in [1.807, 2.05) is 0 Å². The molecule has 9 nitrogen and oxygen atoms in total. The van der Waals surface area contributed by atoms with Gasteiger partial charge in [-0.1, -0.05) is 0 Å². The Hall–Kier alpha value is -2.32. The molecule has 1 aliphatic heterocycles. The van der Waals surface area contributed by atoms with E-state index < -0.39 is 30.4 Å². The van der Waals surface area contributed by atoms with Crippen LogP contribution in [0, 0.1) is 0 Å². The zero-order valence-corrected chi connectivity index (χ0v) is 9.43. The van der Waals surface area contributed by atoms with Crippen LogP contribution in [-0.2, 0) is 14.4 Å². The fourth-order valence-corrected chi connectivity index (χ4v) is 1.49. The zero-order chi connectivity index (χ0) is 13.7. The highest BCUT2D eigenvalue weighted by Crippen LogP contribution is 1.99. The molecule has 1 unspecified atom stereocenters. The molecule has 1 aliphatic rings. The molecule has 0 bridgehead atoms. The van der Waals surface area contributed by atoms with Gasteiger partial charge in [-0.2, -0.15) is 0 Å². The molecule has 1 fully saturated rings. The highest BCUT2D eigenvalue weighted by atomic mass is 16.4. The molecule has 0 aromatic heterocycles. The summed E-state index contributed by atoms with van der Waals surface area (Å²) in [6, 6.07) is -2.53. The minimum Gasteiger partial charge on any atom is -0.480 e. The van der Waals surface area contributed by atoms with Crippen LogP contribution in [-0.4, -0.2) is 47.5 Å². The summed E-state index contributed by atoms with van der Waals surface area (Å²) in [4.78, 5) is 43.7. The number of amides is 4. The molecule has 18 heavy (non-hydrogen) atoms. The van der Waals surface area contributed by atoms with E-state index in [0.717, 1.165) is 0 Å². The first-order chi connectivity index (χ1) is 8.38. The van der Waals surface area contributed by atoms with Gasteiger partial charge in [-0.05, 0) is 0 Å². The van der Waals surface area contributed by atoms with E-state index in [9.17, 15) is 19.2 Å². The van der Waals surface area contributed by atoms with Crippen LogP contribution in [0.15, 0.2) is 0 Å². The fraction of sp³-hybridized carbons (Fsp3) is 0.556. The van der Waals surface area contributed by atoms with Crippen molar-refractivity contribution in [2.75, 3.05) is 6.54 Å². The number of nitrogens with two attached hydrogens (primary N) is 1. The van der Waals surface area contributed by atoms with Crippen LogP contribution >= 0.6 is 0 Å². The Labute approximate surface area is 102 Å². The third-order valence-electron chi connectivity index (χ3n) is 2.32. The van der Waals surface area contributed by atoms with E-state index in [2.05, 4.69) is 16.0 Å². The first-order valence-electron chi connectivity index (χ1n) is 5.23. The van der Waals surface area contributed by atoms with E-state index in [1.54, 1.807) is 0 Å². The Morgan fingerprint density at radius 2 is 2.17 bits per heavy atom. The number of carboxylic acids is 1. The van der Waals surface area contributed by atoms with Crippen LogP contribution in [0.3, 0.4) is 0 Å². The maximum Gasteiger partial charge on any atom is 0.326 e. The molecular formula is C9H14N4O5. The van der Waals surface area contributed by atoms with Gasteiger partial charge < -0.3 is 26.8 Å². The van der Waals surface area contributed by atoms with E-state index in [1.165, 1.54) is 0 Å². The Bertz CT molecular complexity index is 383. The Balaban J connectivity index is 2.43. The van der Waals surface area contributed by atoms with Crippen molar-refractivity contribution in [1.82, 2.24) is 16.0 Å². The summed E-state index contributed by atoms with van der Waals surface area (Å²) in [5, 5.41) is 15.8. The van der Waals surface area contributed by atoms with E-state index in [4.69, 9.17) is 10.8 Å². The standard InChI is InChI=1S/C9H14N4O5/c10-6(14)2-5(8(16)17)13-9(18)12-4-1-7(15)11-3-4/h4-5H,1-3H2,(H2,10,14)(H,11,15)(H,16,17)(H2,12,13,18)/t4?,5-/m0/s1. The average Bonchev–Trinajstić information content (AvgIpc) is 2.62. The second-order valence-corrected chi connectivity index (χ2v) is 3.88. The normalized spacial score (nSPS) is 19.8. The Morgan fingerprint density at radius 3 is 2.61 bits per heavy atom. The smallest absolute Gasteiger partial charge is 0.326 e. The van der Waals surface area contributed by atoms with Crippen LogP contribution in [0.2, 0.25) is 0 Å². The molecule has 0 radical (unpaired) electrons. The zero-order valence-electron chi connectivity index (χ0n) is 9.43. The number of rotatable bonds is 5. The maximum atomic E-state index is 11.4. The summed E-state index contributed by atoms with van der Waals surface area (Å²) in [7, 11) is 0. The number of carboxylic acid groups (broad SMARTS) is 1. The van der Waals surface area contributed by atoms with Gasteiger partial charge in [0.25, 0.3) is 0 Å². The number of carbonyl (C=O) groups excluding carboxylic acids is 3. The summed E-state index contributed by atoms with van der Waals surface area (Å²) < 4.78 is 0. The van der Waals surface area contributed by atoms with Crippen molar-refractivity contribution in [3.63, 3.8) is 0 Å². The monoisotopic (exact) mass is 258 g/mol. The van der Waals surface area contributed by atoms with Crippen molar-refractivity contribution in [3.05, 3.63) is 0 Å². The Kier molecular flexibility index (Phi) is 4.46. The first kappa shape index (κ1) is 13.7. The quantitative estimate of drug-likeness (QED) is 0.369. The van der Waals surface area contributed by atoms with Crippen molar-refractivity contribution >= 4 is 23.8 Å². The lowest BCUT2D eigenvalue weighted by molar-refractivity contribution is -0.140. The number of primary amides is 1. The topological polar surface area (TPSA) is 151 Å². The third-order valence-corrected chi connectivity index (χ3v) is 2.32. The van der Waals surface area contributed by atoms with Crippen LogP contribution in [0.25, 0.3) is 0 Å². The van der Waals surface area contributed by atoms with Crippen LogP contribution < -0.4 is 21.7 Å². The number of urea groups is 1. The summed E-state index contributed by atoms with van der Waals surface area (Å²) in [5.74, 6) is -2.38. The van der Waals surface area contributed by atoms with Gasteiger partial charge in [-0.15, -0.1) is 0 Å². The van der Waals surface area contributed by atoms with E-state index in [0.29, 0.717) is 6.54 Å². The van der Waals surface area contributed by atoms with Crippen molar-refractivity contribution in [2.24, 2.45) is 5.73 Å². The van der Waals surface area contributed by atoms with Gasteiger partial charge in [0, 0.05) is 13.0 Å². The molecule has 1 heterocycles. The first-order valence-corrected chi connectivity index (χ1v) is 5.23. The fourth-order valence-electron chi connectivity index (χ4n) is 1.49. The highest BCUT2D eigenvalue weighted by Gasteiger charge is 2.26. The van der Waals surface area contributed by atoms with Crippen molar-refractivity contribution in [2.45, 2.75) is 24.9 Å². The average molecular weight is 258 g/mol. The third kappa shape index (κ3) is 4.28. The predicted octanol–water partition coefficient (Wildman–Crippen LogP) is -2.50. The second kappa shape index (κ2) is 5.84. The minimum atomic E-state index is -1.38. The molecule has 0 aromatic rings. The van der Waals surface area contributed by atoms with Gasteiger partial charge in [0.15, 0.2) is 0 Å². The number of hydrogen-bond acceptors (Lipinski definition) is 4. The molecule has 9 heteroatoms. The van der Waals surface area contributed by atoms with Gasteiger partial charge in [0.2, 0.25) is 11.8 Å². The molecule has 0 saturated carbocycles. The number of aliphatic carboxylic acids is 1. The summed E-state index contributed by atoms with van der Waals surface area (Å²) in [5.41, 5.74) is 4.86. The minimum absolute atomic E-state index is 0.140. The van der Waals surface area contributed by atoms with Crippen LogP contribution in [0.1, 0.15) is 12.8 Å². The van der Waals surface area contributed by atoms with E-state index in [-0.39, 0.29) is 18.4 Å². The lowest BCUT2D eigenvalue weighted by atomic mass is 10.2.